The number of aryl methyl sites for hydroxylation is 1. The Labute approximate surface area is 89.3 Å². The smallest absolute Gasteiger partial charge is 0.0700 e. The van der Waals surface area contributed by atoms with Gasteiger partial charge in [0.2, 0.25) is 0 Å². The molecule has 1 aromatic heterocycles. The molecule has 0 aromatic carbocycles. The number of hydrogen-bond acceptors (Lipinski definition) is 3. The van der Waals surface area contributed by atoms with Gasteiger partial charge < -0.3 is 10.1 Å². The molecule has 3 heteroatoms. The van der Waals surface area contributed by atoms with E-state index in [1.807, 2.05) is 11.3 Å². The molecule has 2 rings (SSSR count). The highest BCUT2D eigenvalue weighted by atomic mass is 32.1. The first-order valence-electron chi connectivity index (χ1n) is 5.15. The van der Waals surface area contributed by atoms with Crippen LogP contribution in [0.15, 0.2) is 11.4 Å². The normalized spacial score (nSPS) is 27.0. The van der Waals surface area contributed by atoms with Crippen molar-refractivity contribution in [2.24, 2.45) is 0 Å². The summed E-state index contributed by atoms with van der Waals surface area (Å²) in [4.78, 5) is 1.42. The van der Waals surface area contributed by atoms with E-state index in [1.165, 1.54) is 10.4 Å². The van der Waals surface area contributed by atoms with Crippen LogP contribution >= 0.6 is 11.3 Å². The lowest BCUT2D eigenvalue weighted by molar-refractivity contribution is 0.113. The molecule has 14 heavy (non-hydrogen) atoms. The monoisotopic (exact) mass is 211 g/mol. The van der Waals surface area contributed by atoms with E-state index in [1.54, 1.807) is 0 Å². The van der Waals surface area contributed by atoms with E-state index in [4.69, 9.17) is 4.74 Å². The predicted molar refractivity (Wildman–Crippen MR) is 59.7 cm³/mol. The van der Waals surface area contributed by atoms with Gasteiger partial charge in [0.05, 0.1) is 6.10 Å². The van der Waals surface area contributed by atoms with Crippen LogP contribution in [-0.4, -0.2) is 18.8 Å². The molecule has 1 aromatic rings. The van der Waals surface area contributed by atoms with Crippen LogP contribution in [0.4, 0.5) is 0 Å². The third-order valence-corrected chi connectivity index (χ3v) is 3.79. The maximum absolute atomic E-state index is 5.51. The first-order chi connectivity index (χ1) is 6.77. The lowest BCUT2D eigenvalue weighted by Gasteiger charge is -2.15. The van der Waals surface area contributed by atoms with E-state index in [-0.39, 0.29) is 0 Å². The van der Waals surface area contributed by atoms with E-state index in [0.29, 0.717) is 12.1 Å². The molecule has 2 atom stereocenters. The maximum Gasteiger partial charge on any atom is 0.0700 e. The summed E-state index contributed by atoms with van der Waals surface area (Å²) in [7, 11) is 0. The van der Waals surface area contributed by atoms with Crippen molar-refractivity contribution in [3.05, 3.63) is 21.9 Å². The van der Waals surface area contributed by atoms with Crippen LogP contribution in [0.3, 0.4) is 0 Å². The molecule has 0 aliphatic carbocycles. The highest BCUT2D eigenvalue weighted by molar-refractivity contribution is 7.10. The van der Waals surface area contributed by atoms with Crippen molar-refractivity contribution in [3.63, 3.8) is 0 Å². The molecule has 0 saturated carbocycles. The van der Waals surface area contributed by atoms with Crippen molar-refractivity contribution in [3.8, 4) is 0 Å². The van der Waals surface area contributed by atoms with Gasteiger partial charge in [0.15, 0.2) is 0 Å². The van der Waals surface area contributed by atoms with E-state index in [9.17, 15) is 0 Å². The van der Waals surface area contributed by atoms with Gasteiger partial charge in [-0.15, -0.1) is 11.3 Å². The Morgan fingerprint density at radius 2 is 2.50 bits per heavy atom. The van der Waals surface area contributed by atoms with Gasteiger partial charge in [-0.25, -0.2) is 0 Å². The van der Waals surface area contributed by atoms with Gasteiger partial charge in [0.1, 0.15) is 0 Å². The Balaban J connectivity index is 1.85. The summed E-state index contributed by atoms with van der Waals surface area (Å²) in [6.45, 7) is 6.20. The zero-order valence-corrected chi connectivity index (χ0v) is 9.56. The molecule has 1 fully saturated rings. The summed E-state index contributed by atoms with van der Waals surface area (Å²) in [6, 6.07) is 2.74. The second-order valence-corrected chi connectivity index (χ2v) is 4.97. The molecule has 0 radical (unpaired) electrons. The highest BCUT2D eigenvalue weighted by Crippen LogP contribution is 2.17. The molecule has 1 N–H and O–H groups in total. The minimum absolute atomic E-state index is 0.369. The second kappa shape index (κ2) is 4.43. The number of ether oxygens (including phenoxy) is 1. The third kappa shape index (κ3) is 2.16. The predicted octanol–water partition coefficient (Wildman–Crippen LogP) is 2.32. The Morgan fingerprint density at radius 1 is 1.64 bits per heavy atom. The maximum atomic E-state index is 5.51. The topological polar surface area (TPSA) is 21.3 Å². The summed E-state index contributed by atoms with van der Waals surface area (Å²) >= 11 is 1.82. The molecular formula is C11H17NOS. The number of hydrogen-bond donors (Lipinski definition) is 1. The minimum Gasteiger partial charge on any atom is -0.377 e. The van der Waals surface area contributed by atoms with Gasteiger partial charge in [-0.2, -0.15) is 0 Å². The van der Waals surface area contributed by atoms with Gasteiger partial charge >= 0.3 is 0 Å². The molecule has 0 amide bonds. The van der Waals surface area contributed by atoms with Crippen LogP contribution in [0.1, 0.15) is 23.8 Å². The molecule has 2 heterocycles. The van der Waals surface area contributed by atoms with Gasteiger partial charge in [-0.1, -0.05) is 0 Å². The zero-order chi connectivity index (χ0) is 9.97. The first-order valence-corrected chi connectivity index (χ1v) is 6.03. The Morgan fingerprint density at radius 3 is 3.07 bits per heavy atom. The fourth-order valence-corrected chi connectivity index (χ4v) is 2.56. The lowest BCUT2D eigenvalue weighted by atomic mass is 10.1. The quantitative estimate of drug-likeness (QED) is 0.828. The lowest BCUT2D eigenvalue weighted by Crippen LogP contribution is -2.34. The molecule has 2 nitrogen and oxygen atoms in total. The fourth-order valence-electron chi connectivity index (χ4n) is 1.84. The third-order valence-electron chi connectivity index (χ3n) is 2.90. The molecule has 1 aliphatic heterocycles. The van der Waals surface area contributed by atoms with Crippen LogP contribution in [-0.2, 0) is 11.3 Å². The molecule has 0 spiro atoms. The number of rotatable bonds is 3. The van der Waals surface area contributed by atoms with Crippen molar-refractivity contribution >= 4 is 11.3 Å². The van der Waals surface area contributed by atoms with Gasteiger partial charge in [-0.3, -0.25) is 0 Å². The molecule has 1 saturated heterocycles. The summed E-state index contributed by atoms with van der Waals surface area (Å²) in [6.07, 6.45) is 1.51. The Bertz CT molecular complexity index is 297. The minimum atomic E-state index is 0.369. The fraction of sp³-hybridized carbons (Fsp3) is 0.636. The zero-order valence-electron chi connectivity index (χ0n) is 8.75. The Hall–Kier alpha value is -0.380. The summed E-state index contributed by atoms with van der Waals surface area (Å²) in [5, 5.41) is 5.71. The van der Waals surface area contributed by atoms with Crippen LogP contribution < -0.4 is 5.32 Å². The van der Waals surface area contributed by atoms with Crippen molar-refractivity contribution < 1.29 is 4.74 Å². The average Bonchev–Trinajstić information content (AvgIpc) is 2.72. The molecule has 0 bridgehead atoms. The summed E-state index contributed by atoms with van der Waals surface area (Å²) in [5.41, 5.74) is 1.43. The number of nitrogens with one attached hydrogen (secondary N) is 1. The average molecular weight is 211 g/mol. The van der Waals surface area contributed by atoms with E-state index >= 15 is 0 Å². The van der Waals surface area contributed by atoms with E-state index < -0.39 is 0 Å². The van der Waals surface area contributed by atoms with Crippen LogP contribution in [0.5, 0.6) is 0 Å². The van der Waals surface area contributed by atoms with Crippen LogP contribution in [0.2, 0.25) is 0 Å². The molecule has 1 aliphatic rings. The van der Waals surface area contributed by atoms with E-state index in [2.05, 4.69) is 30.6 Å². The van der Waals surface area contributed by atoms with Crippen molar-refractivity contribution in [1.82, 2.24) is 5.32 Å². The SMILES string of the molecule is Cc1sccc1CNC1CCOC1C. The summed E-state index contributed by atoms with van der Waals surface area (Å²) in [5.74, 6) is 0. The molecule has 2 unspecified atom stereocenters. The number of thiophene rings is 1. The standard InChI is InChI=1S/C11H17NOS/c1-8-11(3-5-13-8)12-7-10-4-6-14-9(10)2/h4,6,8,11-12H,3,5,7H2,1-2H3. The van der Waals surface area contributed by atoms with Gasteiger partial charge in [0, 0.05) is 24.1 Å². The van der Waals surface area contributed by atoms with Crippen molar-refractivity contribution in [2.75, 3.05) is 6.61 Å². The molecule has 78 valence electrons. The summed E-state index contributed by atoms with van der Waals surface area (Å²) < 4.78 is 5.51. The largest absolute Gasteiger partial charge is 0.377 e. The van der Waals surface area contributed by atoms with Crippen molar-refractivity contribution in [2.45, 2.75) is 39.0 Å². The van der Waals surface area contributed by atoms with Crippen molar-refractivity contribution in [1.29, 1.82) is 0 Å². The second-order valence-electron chi connectivity index (χ2n) is 3.85. The van der Waals surface area contributed by atoms with Crippen LogP contribution in [0.25, 0.3) is 0 Å². The van der Waals surface area contributed by atoms with Gasteiger partial charge in [-0.05, 0) is 37.3 Å². The van der Waals surface area contributed by atoms with E-state index in [0.717, 1.165) is 19.6 Å². The van der Waals surface area contributed by atoms with Gasteiger partial charge in [0.25, 0.3) is 0 Å². The Kier molecular flexibility index (Phi) is 3.21. The first kappa shape index (κ1) is 10.1. The van der Waals surface area contributed by atoms with Crippen LogP contribution in [0, 0.1) is 6.92 Å². The highest BCUT2D eigenvalue weighted by Gasteiger charge is 2.23. The molecular weight excluding hydrogens is 194 g/mol.